The van der Waals surface area contributed by atoms with E-state index in [1.807, 2.05) is 13.8 Å². The van der Waals surface area contributed by atoms with Crippen molar-refractivity contribution in [2.24, 2.45) is 0 Å². The van der Waals surface area contributed by atoms with E-state index in [9.17, 15) is 9.59 Å². The summed E-state index contributed by atoms with van der Waals surface area (Å²) in [7, 11) is 1.26. The van der Waals surface area contributed by atoms with Crippen molar-refractivity contribution in [3.05, 3.63) is 11.9 Å². The van der Waals surface area contributed by atoms with Gasteiger partial charge in [-0.15, -0.1) is 0 Å². The first-order chi connectivity index (χ1) is 8.43. The third kappa shape index (κ3) is 3.76. The molecular weight excluding hydrogens is 236 g/mol. The number of ether oxygens (including phenoxy) is 1. The van der Waals surface area contributed by atoms with Crippen LogP contribution >= 0.6 is 0 Å². The van der Waals surface area contributed by atoms with E-state index in [0.717, 1.165) is 0 Å². The predicted octanol–water partition coefficient (Wildman–Crippen LogP) is 0.167. The quantitative estimate of drug-likeness (QED) is 0.729. The van der Waals surface area contributed by atoms with E-state index in [2.05, 4.69) is 15.2 Å². The summed E-state index contributed by atoms with van der Waals surface area (Å²) in [5.41, 5.74) is 5.93. The lowest BCUT2D eigenvalue weighted by Gasteiger charge is -2.07. The lowest BCUT2D eigenvalue weighted by molar-refractivity contribution is -0.121. The third-order valence-electron chi connectivity index (χ3n) is 2.19. The fourth-order valence-corrected chi connectivity index (χ4v) is 1.42. The number of aromatic nitrogens is 2. The minimum absolute atomic E-state index is 0.0707. The number of carbonyl (C=O) groups is 2. The molecule has 0 spiro atoms. The summed E-state index contributed by atoms with van der Waals surface area (Å²) in [5.74, 6) is -0.656. The normalized spacial score (nSPS) is 10.4. The van der Waals surface area contributed by atoms with Crippen LogP contribution in [0.3, 0.4) is 0 Å². The molecule has 0 atom stereocenters. The summed E-state index contributed by atoms with van der Waals surface area (Å²) in [4.78, 5) is 22.7. The van der Waals surface area contributed by atoms with E-state index in [1.165, 1.54) is 18.0 Å². The van der Waals surface area contributed by atoms with Crippen molar-refractivity contribution in [1.29, 1.82) is 0 Å². The summed E-state index contributed by atoms with van der Waals surface area (Å²) < 4.78 is 5.99. The standard InChI is InChI=1S/C11H18N4O3/c1-7(2)13-9(16)4-5-15-6-8(12)10(14-15)11(17)18-3/h6-7H,4-5,12H2,1-3H3,(H,13,16). The van der Waals surface area contributed by atoms with E-state index < -0.39 is 5.97 Å². The van der Waals surface area contributed by atoms with Crippen LogP contribution in [-0.2, 0) is 16.1 Å². The second kappa shape index (κ2) is 6.04. The number of aryl methyl sites for hydroxylation is 1. The van der Waals surface area contributed by atoms with Crippen molar-refractivity contribution < 1.29 is 14.3 Å². The molecular formula is C11H18N4O3. The fraction of sp³-hybridized carbons (Fsp3) is 0.545. The van der Waals surface area contributed by atoms with Gasteiger partial charge in [0.15, 0.2) is 5.69 Å². The summed E-state index contributed by atoms with van der Waals surface area (Å²) in [6, 6.07) is 0.103. The molecule has 3 N–H and O–H groups in total. The zero-order valence-corrected chi connectivity index (χ0v) is 10.8. The molecule has 1 heterocycles. The number of nitrogens with two attached hydrogens (primary N) is 1. The second-order valence-corrected chi connectivity index (χ2v) is 4.16. The van der Waals surface area contributed by atoms with Crippen LogP contribution in [0, 0.1) is 0 Å². The van der Waals surface area contributed by atoms with E-state index in [1.54, 1.807) is 0 Å². The molecule has 7 heteroatoms. The summed E-state index contributed by atoms with van der Waals surface area (Å²) in [5, 5.41) is 6.73. The van der Waals surface area contributed by atoms with Gasteiger partial charge in [0, 0.05) is 25.2 Å². The Bertz CT molecular complexity index is 439. The maximum atomic E-state index is 11.4. The monoisotopic (exact) mass is 254 g/mol. The Morgan fingerprint density at radius 1 is 1.56 bits per heavy atom. The Kier molecular flexibility index (Phi) is 4.70. The fourth-order valence-electron chi connectivity index (χ4n) is 1.42. The molecule has 0 aromatic carbocycles. The molecule has 0 saturated heterocycles. The van der Waals surface area contributed by atoms with Crippen LogP contribution in [0.1, 0.15) is 30.8 Å². The molecule has 0 unspecified atom stereocenters. The highest BCUT2D eigenvalue weighted by molar-refractivity contribution is 5.92. The largest absolute Gasteiger partial charge is 0.464 e. The molecule has 1 aromatic heterocycles. The highest BCUT2D eigenvalue weighted by Crippen LogP contribution is 2.10. The van der Waals surface area contributed by atoms with Crippen LogP contribution in [0.5, 0.6) is 0 Å². The van der Waals surface area contributed by atoms with Gasteiger partial charge in [0.2, 0.25) is 5.91 Å². The molecule has 0 saturated carbocycles. The molecule has 7 nitrogen and oxygen atoms in total. The average molecular weight is 254 g/mol. The molecule has 1 amide bonds. The molecule has 0 radical (unpaired) electrons. The van der Waals surface area contributed by atoms with Crippen molar-refractivity contribution in [3.63, 3.8) is 0 Å². The number of amides is 1. The Morgan fingerprint density at radius 3 is 2.78 bits per heavy atom. The number of rotatable bonds is 5. The molecule has 1 aromatic rings. The minimum atomic E-state index is -0.585. The van der Waals surface area contributed by atoms with E-state index in [-0.39, 0.29) is 29.8 Å². The molecule has 0 bridgehead atoms. The van der Waals surface area contributed by atoms with E-state index >= 15 is 0 Å². The molecule has 1 rings (SSSR count). The number of nitrogen functional groups attached to an aromatic ring is 1. The Labute approximate surface area is 105 Å². The SMILES string of the molecule is COC(=O)c1nn(CCC(=O)NC(C)C)cc1N. The maximum Gasteiger partial charge on any atom is 0.360 e. The van der Waals surface area contributed by atoms with Crippen LogP contribution in [0.4, 0.5) is 5.69 Å². The van der Waals surface area contributed by atoms with Crippen LogP contribution < -0.4 is 11.1 Å². The van der Waals surface area contributed by atoms with Gasteiger partial charge in [-0.3, -0.25) is 9.48 Å². The summed E-state index contributed by atoms with van der Waals surface area (Å²) >= 11 is 0. The van der Waals surface area contributed by atoms with Gasteiger partial charge in [0.1, 0.15) is 0 Å². The van der Waals surface area contributed by atoms with E-state index in [0.29, 0.717) is 6.54 Å². The van der Waals surface area contributed by atoms with Gasteiger partial charge in [0.25, 0.3) is 0 Å². The lowest BCUT2D eigenvalue weighted by atomic mass is 10.3. The van der Waals surface area contributed by atoms with E-state index in [4.69, 9.17) is 5.73 Å². The van der Waals surface area contributed by atoms with Crippen molar-refractivity contribution in [3.8, 4) is 0 Å². The number of carbonyl (C=O) groups excluding carboxylic acids is 2. The van der Waals surface area contributed by atoms with Crippen molar-refractivity contribution in [2.45, 2.75) is 32.9 Å². The predicted molar refractivity (Wildman–Crippen MR) is 65.9 cm³/mol. The first-order valence-corrected chi connectivity index (χ1v) is 5.64. The average Bonchev–Trinajstić information content (AvgIpc) is 2.66. The van der Waals surface area contributed by atoms with Crippen molar-refractivity contribution >= 4 is 17.6 Å². The maximum absolute atomic E-state index is 11.4. The summed E-state index contributed by atoms with van der Waals surface area (Å²) in [6.45, 7) is 4.14. The number of anilines is 1. The molecule has 18 heavy (non-hydrogen) atoms. The van der Waals surface area contributed by atoms with Gasteiger partial charge in [-0.1, -0.05) is 0 Å². The van der Waals surface area contributed by atoms with Crippen LogP contribution in [0.25, 0.3) is 0 Å². The van der Waals surface area contributed by atoms with Gasteiger partial charge < -0.3 is 15.8 Å². The number of nitrogens with one attached hydrogen (secondary N) is 1. The topological polar surface area (TPSA) is 99.2 Å². The highest BCUT2D eigenvalue weighted by Gasteiger charge is 2.15. The molecule has 0 fully saturated rings. The van der Waals surface area contributed by atoms with Gasteiger partial charge in [-0.25, -0.2) is 4.79 Å². The molecule has 0 aliphatic heterocycles. The van der Waals surface area contributed by atoms with Crippen molar-refractivity contribution in [1.82, 2.24) is 15.1 Å². The molecule has 0 aliphatic carbocycles. The van der Waals surface area contributed by atoms with Gasteiger partial charge in [0.05, 0.1) is 12.8 Å². The number of nitrogens with zero attached hydrogens (tertiary/aromatic N) is 2. The molecule has 100 valence electrons. The van der Waals surface area contributed by atoms with Gasteiger partial charge >= 0.3 is 5.97 Å². The van der Waals surface area contributed by atoms with Gasteiger partial charge in [-0.05, 0) is 13.8 Å². The van der Waals surface area contributed by atoms with Crippen LogP contribution in [0.2, 0.25) is 0 Å². The van der Waals surface area contributed by atoms with Crippen LogP contribution in [0.15, 0.2) is 6.20 Å². The first-order valence-electron chi connectivity index (χ1n) is 5.64. The van der Waals surface area contributed by atoms with Crippen molar-refractivity contribution in [2.75, 3.05) is 12.8 Å². The number of methoxy groups -OCH3 is 1. The van der Waals surface area contributed by atoms with Gasteiger partial charge in [-0.2, -0.15) is 5.10 Å². The zero-order valence-electron chi connectivity index (χ0n) is 10.8. The first kappa shape index (κ1) is 14.0. The third-order valence-corrected chi connectivity index (χ3v) is 2.19. The minimum Gasteiger partial charge on any atom is -0.464 e. The number of hydrogen-bond donors (Lipinski definition) is 2. The smallest absolute Gasteiger partial charge is 0.360 e. The second-order valence-electron chi connectivity index (χ2n) is 4.16. The molecule has 0 aliphatic rings. The Balaban J connectivity index is 2.59. The Morgan fingerprint density at radius 2 is 2.22 bits per heavy atom. The zero-order chi connectivity index (χ0) is 13.7. The lowest BCUT2D eigenvalue weighted by Crippen LogP contribution is -2.30. The highest BCUT2D eigenvalue weighted by atomic mass is 16.5. The Hall–Kier alpha value is -2.05. The van der Waals surface area contributed by atoms with Crippen LogP contribution in [-0.4, -0.2) is 34.8 Å². The number of hydrogen-bond acceptors (Lipinski definition) is 5. The summed E-state index contributed by atoms with van der Waals surface area (Å²) in [6.07, 6.45) is 1.79. The number of esters is 1.